The molecule has 21 heavy (non-hydrogen) atoms. The van der Waals surface area contributed by atoms with E-state index in [1.54, 1.807) is 0 Å². The van der Waals surface area contributed by atoms with Crippen molar-refractivity contribution in [2.45, 2.75) is 50.2 Å². The molecule has 1 fully saturated rings. The van der Waals surface area contributed by atoms with E-state index in [1.165, 1.54) is 32.8 Å². The van der Waals surface area contributed by atoms with Crippen LogP contribution in [0.5, 0.6) is 0 Å². The summed E-state index contributed by atoms with van der Waals surface area (Å²) in [7, 11) is 1.36. The normalized spacial score (nSPS) is 19.5. The Morgan fingerprint density at radius 2 is 1.81 bits per heavy atom. The summed E-state index contributed by atoms with van der Waals surface area (Å²) < 4.78 is 10.9. The molecule has 0 amide bonds. The Balaban J connectivity index is 2.08. The number of esters is 1. The molecule has 1 saturated carbocycles. The molecule has 1 aliphatic carbocycles. The van der Waals surface area contributed by atoms with Gasteiger partial charge in [-0.2, -0.15) is 0 Å². The van der Waals surface area contributed by atoms with Gasteiger partial charge in [-0.15, -0.1) is 0 Å². The maximum atomic E-state index is 12.1. The highest BCUT2D eigenvalue weighted by Crippen LogP contribution is 2.25. The molecule has 0 aromatic heterocycles. The maximum Gasteiger partial charge on any atom is 0.332 e. The molecule has 1 aromatic rings. The molecule has 1 aromatic carbocycles. The van der Waals surface area contributed by atoms with E-state index in [4.69, 9.17) is 15.2 Å². The molecule has 1 aliphatic rings. The van der Waals surface area contributed by atoms with Crippen molar-refractivity contribution in [2.75, 3.05) is 13.7 Å². The fourth-order valence-electron chi connectivity index (χ4n) is 2.84. The smallest absolute Gasteiger partial charge is 0.332 e. The van der Waals surface area contributed by atoms with Crippen LogP contribution in [0.2, 0.25) is 0 Å². The zero-order chi connectivity index (χ0) is 15.1. The highest BCUT2D eigenvalue weighted by Gasteiger charge is 2.38. The number of benzene rings is 1. The average Bonchev–Trinajstić information content (AvgIpc) is 2.81. The summed E-state index contributed by atoms with van der Waals surface area (Å²) >= 11 is 0. The molecule has 0 saturated heterocycles. The molecule has 2 rings (SSSR count). The third-order valence-electron chi connectivity index (χ3n) is 4.19. The lowest BCUT2D eigenvalue weighted by molar-refractivity contribution is -0.151. The molecule has 0 aliphatic heterocycles. The third-order valence-corrected chi connectivity index (χ3v) is 4.19. The van der Waals surface area contributed by atoms with Crippen molar-refractivity contribution in [3.05, 3.63) is 35.9 Å². The third kappa shape index (κ3) is 4.05. The molecule has 1 unspecified atom stereocenters. The van der Waals surface area contributed by atoms with Gasteiger partial charge in [0.2, 0.25) is 0 Å². The van der Waals surface area contributed by atoms with E-state index >= 15 is 0 Å². The second kappa shape index (κ2) is 7.57. The predicted molar refractivity (Wildman–Crippen MR) is 81.8 cm³/mol. The molecule has 4 nitrogen and oxygen atoms in total. The van der Waals surface area contributed by atoms with E-state index in [-0.39, 0.29) is 12.7 Å². The largest absolute Gasteiger partial charge is 0.467 e. The van der Waals surface area contributed by atoms with Gasteiger partial charge in [0.1, 0.15) is 0 Å². The van der Waals surface area contributed by atoms with E-state index in [0.717, 1.165) is 18.4 Å². The summed E-state index contributed by atoms with van der Waals surface area (Å²) in [5.41, 5.74) is 5.82. The predicted octanol–water partition coefficient (Wildman–Crippen LogP) is 2.75. The first-order chi connectivity index (χ1) is 10.2. The molecule has 4 heteroatoms. The van der Waals surface area contributed by atoms with Gasteiger partial charge in [0.05, 0.1) is 19.8 Å². The Hall–Kier alpha value is -1.39. The van der Waals surface area contributed by atoms with Crippen LogP contribution in [0.1, 0.15) is 44.1 Å². The second-order valence-electron chi connectivity index (χ2n) is 5.75. The fraction of sp³-hybridized carbons (Fsp3) is 0.588. The van der Waals surface area contributed by atoms with Gasteiger partial charge in [-0.1, -0.05) is 56.0 Å². The summed E-state index contributed by atoms with van der Waals surface area (Å²) in [6, 6.07) is 9.31. The molecule has 0 spiro atoms. The summed E-state index contributed by atoms with van der Waals surface area (Å²) in [6.45, 7) is 0.161. The molecular weight excluding hydrogens is 266 g/mol. The van der Waals surface area contributed by atoms with E-state index in [2.05, 4.69) is 0 Å². The van der Waals surface area contributed by atoms with E-state index in [9.17, 15) is 4.79 Å². The van der Waals surface area contributed by atoms with Crippen LogP contribution >= 0.6 is 0 Å². The van der Waals surface area contributed by atoms with Crippen LogP contribution in [-0.2, 0) is 19.8 Å². The van der Waals surface area contributed by atoms with Crippen molar-refractivity contribution in [1.29, 1.82) is 0 Å². The number of ether oxygens (including phenoxy) is 2. The van der Waals surface area contributed by atoms with Crippen molar-refractivity contribution in [3.8, 4) is 0 Å². The quantitative estimate of drug-likeness (QED) is 0.669. The van der Waals surface area contributed by atoms with E-state index in [0.29, 0.717) is 0 Å². The summed E-state index contributed by atoms with van der Waals surface area (Å²) in [6.07, 6.45) is 7.20. The summed E-state index contributed by atoms with van der Waals surface area (Å²) in [5.74, 6) is -0.456. The number of rotatable bonds is 5. The zero-order valence-corrected chi connectivity index (χ0v) is 12.7. The summed E-state index contributed by atoms with van der Waals surface area (Å²) in [5, 5.41) is 0. The van der Waals surface area contributed by atoms with Crippen LogP contribution in [-0.4, -0.2) is 25.8 Å². The molecule has 1 atom stereocenters. The Kier molecular flexibility index (Phi) is 5.76. The van der Waals surface area contributed by atoms with Gasteiger partial charge in [0.15, 0.2) is 5.54 Å². The number of carbonyl (C=O) groups is 1. The van der Waals surface area contributed by atoms with Gasteiger partial charge >= 0.3 is 5.97 Å². The van der Waals surface area contributed by atoms with E-state index < -0.39 is 11.5 Å². The molecule has 2 N–H and O–H groups in total. The minimum atomic E-state index is -1.23. The minimum absolute atomic E-state index is 0.161. The first-order valence-corrected chi connectivity index (χ1v) is 7.71. The first kappa shape index (κ1) is 16.0. The van der Waals surface area contributed by atoms with Gasteiger partial charge in [0, 0.05) is 0 Å². The Morgan fingerprint density at radius 1 is 1.19 bits per heavy atom. The van der Waals surface area contributed by atoms with Crippen LogP contribution in [0.15, 0.2) is 30.3 Å². The number of methoxy groups -OCH3 is 1. The van der Waals surface area contributed by atoms with Crippen LogP contribution in [0.25, 0.3) is 0 Å². The molecule has 0 bridgehead atoms. The topological polar surface area (TPSA) is 61.5 Å². The SMILES string of the molecule is COC(=O)C(N)(COC1CCCCCC1)c1ccccc1. The standard InChI is InChI=1S/C17H25NO3/c1-20-16(19)17(18,14-9-5-4-6-10-14)13-21-15-11-7-2-3-8-12-15/h4-6,9-10,15H,2-3,7-8,11-13,18H2,1H3. The van der Waals surface area contributed by atoms with Gasteiger partial charge < -0.3 is 15.2 Å². The lowest BCUT2D eigenvalue weighted by atomic mass is 9.92. The van der Waals surface area contributed by atoms with Gasteiger partial charge in [-0.25, -0.2) is 4.79 Å². The lowest BCUT2D eigenvalue weighted by Crippen LogP contribution is -2.50. The molecular formula is C17H25NO3. The summed E-state index contributed by atoms with van der Waals surface area (Å²) in [4.78, 5) is 12.1. The molecule has 0 heterocycles. The Labute approximate surface area is 126 Å². The number of hydrogen-bond acceptors (Lipinski definition) is 4. The van der Waals surface area contributed by atoms with Crippen molar-refractivity contribution < 1.29 is 14.3 Å². The maximum absolute atomic E-state index is 12.1. The van der Waals surface area contributed by atoms with Crippen molar-refractivity contribution in [3.63, 3.8) is 0 Å². The average molecular weight is 291 g/mol. The van der Waals surface area contributed by atoms with Crippen molar-refractivity contribution >= 4 is 5.97 Å². The number of nitrogens with two attached hydrogens (primary N) is 1. The van der Waals surface area contributed by atoms with Gasteiger partial charge in [-0.05, 0) is 18.4 Å². The van der Waals surface area contributed by atoms with E-state index in [1.807, 2.05) is 30.3 Å². The lowest BCUT2D eigenvalue weighted by Gasteiger charge is -2.29. The van der Waals surface area contributed by atoms with Crippen molar-refractivity contribution in [1.82, 2.24) is 0 Å². The molecule has 0 radical (unpaired) electrons. The minimum Gasteiger partial charge on any atom is -0.467 e. The fourth-order valence-corrected chi connectivity index (χ4v) is 2.84. The van der Waals surface area contributed by atoms with Crippen LogP contribution in [0.3, 0.4) is 0 Å². The first-order valence-electron chi connectivity index (χ1n) is 7.71. The van der Waals surface area contributed by atoms with Crippen LogP contribution in [0, 0.1) is 0 Å². The van der Waals surface area contributed by atoms with Crippen LogP contribution < -0.4 is 5.73 Å². The zero-order valence-electron chi connectivity index (χ0n) is 12.7. The van der Waals surface area contributed by atoms with Gasteiger partial charge in [-0.3, -0.25) is 0 Å². The number of hydrogen-bond donors (Lipinski definition) is 1. The number of carbonyl (C=O) groups excluding carboxylic acids is 1. The monoisotopic (exact) mass is 291 g/mol. The van der Waals surface area contributed by atoms with Gasteiger partial charge in [0.25, 0.3) is 0 Å². The molecule has 116 valence electrons. The highest BCUT2D eigenvalue weighted by molar-refractivity contribution is 5.82. The van der Waals surface area contributed by atoms with Crippen molar-refractivity contribution in [2.24, 2.45) is 5.73 Å². The highest BCUT2D eigenvalue weighted by atomic mass is 16.5. The Morgan fingerprint density at radius 3 is 2.38 bits per heavy atom. The Bertz CT molecular complexity index is 441. The van der Waals surface area contributed by atoms with Crippen LogP contribution in [0.4, 0.5) is 0 Å². The second-order valence-corrected chi connectivity index (χ2v) is 5.75.